The fourth-order valence-electron chi connectivity index (χ4n) is 1.95. The third-order valence-corrected chi connectivity index (χ3v) is 3.04. The summed E-state index contributed by atoms with van der Waals surface area (Å²) >= 11 is 0. The smallest absolute Gasteiger partial charge is 0.305 e. The van der Waals surface area contributed by atoms with Gasteiger partial charge in [-0.2, -0.15) is 0 Å². The van der Waals surface area contributed by atoms with Gasteiger partial charge in [0.05, 0.1) is 7.11 Å². The van der Waals surface area contributed by atoms with Gasteiger partial charge in [0.2, 0.25) is 0 Å². The Morgan fingerprint density at radius 3 is 2.61 bits per heavy atom. The Balaban J connectivity index is 2.84. The van der Waals surface area contributed by atoms with Crippen LogP contribution in [0, 0.1) is 12.7 Å². The van der Waals surface area contributed by atoms with Crippen LogP contribution in [0.4, 0.5) is 4.39 Å². The number of aryl methyl sites for hydroxylation is 1. The van der Waals surface area contributed by atoms with Gasteiger partial charge in [0.15, 0.2) is 0 Å². The second-order valence-corrected chi connectivity index (χ2v) is 4.60. The summed E-state index contributed by atoms with van der Waals surface area (Å²) in [5, 5.41) is 0. The first-order chi connectivity index (χ1) is 8.45. The summed E-state index contributed by atoms with van der Waals surface area (Å²) < 4.78 is 17.9. The maximum Gasteiger partial charge on any atom is 0.305 e. The van der Waals surface area contributed by atoms with E-state index in [1.807, 2.05) is 25.1 Å². The summed E-state index contributed by atoms with van der Waals surface area (Å²) in [5.74, 6) is -0.426. The van der Waals surface area contributed by atoms with E-state index in [1.54, 1.807) is 13.0 Å². The van der Waals surface area contributed by atoms with E-state index in [9.17, 15) is 9.18 Å². The SMILES string of the molecule is COC(=O)CCC(c1ccc(F)c(C)c1)N(C)C. The van der Waals surface area contributed by atoms with Crippen LogP contribution < -0.4 is 0 Å². The Bertz CT molecular complexity index is 418. The summed E-state index contributed by atoms with van der Waals surface area (Å²) in [6, 6.07) is 5.16. The Morgan fingerprint density at radius 2 is 2.11 bits per heavy atom. The molecule has 4 heteroatoms. The molecule has 1 atom stereocenters. The molecule has 0 bridgehead atoms. The highest BCUT2D eigenvalue weighted by atomic mass is 19.1. The standard InChI is InChI=1S/C14H20FNO2/c1-10-9-11(5-6-12(10)15)13(16(2)3)7-8-14(17)18-4/h5-6,9,13H,7-8H2,1-4H3. The minimum absolute atomic E-state index is 0.0865. The second-order valence-electron chi connectivity index (χ2n) is 4.60. The quantitative estimate of drug-likeness (QED) is 0.756. The van der Waals surface area contributed by atoms with Crippen LogP contribution >= 0.6 is 0 Å². The molecule has 1 unspecified atom stereocenters. The van der Waals surface area contributed by atoms with Gasteiger partial charge in [-0.25, -0.2) is 4.39 Å². The fraction of sp³-hybridized carbons (Fsp3) is 0.500. The number of carbonyl (C=O) groups is 1. The van der Waals surface area contributed by atoms with Gasteiger partial charge in [0, 0.05) is 12.5 Å². The molecular formula is C14H20FNO2. The highest BCUT2D eigenvalue weighted by Crippen LogP contribution is 2.25. The zero-order valence-electron chi connectivity index (χ0n) is 11.4. The fourth-order valence-corrected chi connectivity index (χ4v) is 1.95. The Morgan fingerprint density at radius 1 is 1.44 bits per heavy atom. The van der Waals surface area contributed by atoms with E-state index < -0.39 is 0 Å². The van der Waals surface area contributed by atoms with E-state index in [0.717, 1.165) is 5.56 Å². The van der Waals surface area contributed by atoms with E-state index in [4.69, 9.17) is 0 Å². The lowest BCUT2D eigenvalue weighted by molar-refractivity contribution is -0.141. The maximum atomic E-state index is 13.2. The number of hydrogen-bond donors (Lipinski definition) is 0. The van der Waals surface area contributed by atoms with Crippen LogP contribution in [0.15, 0.2) is 18.2 Å². The molecule has 100 valence electrons. The van der Waals surface area contributed by atoms with Crippen LogP contribution in [0.2, 0.25) is 0 Å². The third kappa shape index (κ3) is 3.81. The topological polar surface area (TPSA) is 29.5 Å². The Hall–Kier alpha value is -1.42. The molecule has 3 nitrogen and oxygen atoms in total. The molecule has 0 aliphatic heterocycles. The summed E-state index contributed by atoms with van der Waals surface area (Å²) in [7, 11) is 5.27. The van der Waals surface area contributed by atoms with Gasteiger partial charge in [-0.3, -0.25) is 4.79 Å². The van der Waals surface area contributed by atoms with E-state index in [2.05, 4.69) is 4.74 Å². The van der Waals surface area contributed by atoms with Gasteiger partial charge in [0.25, 0.3) is 0 Å². The molecule has 18 heavy (non-hydrogen) atoms. The van der Waals surface area contributed by atoms with Crippen LogP contribution in [0.5, 0.6) is 0 Å². The molecule has 0 amide bonds. The number of halogens is 1. The molecule has 0 aliphatic rings. The summed E-state index contributed by atoms with van der Waals surface area (Å²) in [4.78, 5) is 13.2. The first kappa shape index (κ1) is 14.6. The van der Waals surface area contributed by atoms with Crippen LogP contribution in [0.3, 0.4) is 0 Å². The molecule has 0 aliphatic carbocycles. The van der Waals surface area contributed by atoms with E-state index >= 15 is 0 Å². The van der Waals surface area contributed by atoms with Crippen molar-refractivity contribution in [3.8, 4) is 0 Å². The molecule has 0 saturated heterocycles. The first-order valence-electron chi connectivity index (χ1n) is 5.95. The number of ether oxygens (including phenoxy) is 1. The van der Waals surface area contributed by atoms with Crippen LogP contribution in [0.25, 0.3) is 0 Å². The number of nitrogens with zero attached hydrogens (tertiary/aromatic N) is 1. The third-order valence-electron chi connectivity index (χ3n) is 3.04. The number of rotatable bonds is 5. The summed E-state index contributed by atoms with van der Waals surface area (Å²) in [6.45, 7) is 1.74. The maximum absolute atomic E-state index is 13.2. The van der Waals surface area contributed by atoms with Gasteiger partial charge in [-0.15, -0.1) is 0 Å². The zero-order chi connectivity index (χ0) is 13.7. The van der Waals surface area contributed by atoms with Gasteiger partial charge >= 0.3 is 5.97 Å². The average Bonchev–Trinajstić information content (AvgIpc) is 2.33. The first-order valence-corrected chi connectivity index (χ1v) is 5.95. The monoisotopic (exact) mass is 253 g/mol. The lowest BCUT2D eigenvalue weighted by Gasteiger charge is -2.24. The second kappa shape index (κ2) is 6.50. The lowest BCUT2D eigenvalue weighted by atomic mass is 9.99. The van der Waals surface area contributed by atoms with E-state index in [1.165, 1.54) is 13.2 Å². The minimum atomic E-state index is -0.222. The Labute approximate surface area is 108 Å². The normalized spacial score (nSPS) is 12.6. The van der Waals surface area contributed by atoms with Crippen molar-refractivity contribution in [2.75, 3.05) is 21.2 Å². The van der Waals surface area contributed by atoms with Crippen molar-refractivity contribution >= 4 is 5.97 Å². The molecule has 0 N–H and O–H groups in total. The number of hydrogen-bond acceptors (Lipinski definition) is 3. The number of carbonyl (C=O) groups excluding carboxylic acids is 1. The molecular weight excluding hydrogens is 233 g/mol. The van der Waals surface area contributed by atoms with Gasteiger partial charge in [-0.1, -0.05) is 12.1 Å². The van der Waals surface area contributed by atoms with Crippen molar-refractivity contribution < 1.29 is 13.9 Å². The predicted molar refractivity (Wildman–Crippen MR) is 68.8 cm³/mol. The minimum Gasteiger partial charge on any atom is -0.469 e. The highest BCUT2D eigenvalue weighted by Gasteiger charge is 2.16. The number of benzene rings is 1. The molecule has 1 aromatic rings. The Kier molecular flexibility index (Phi) is 5.28. The van der Waals surface area contributed by atoms with Crippen LogP contribution in [0.1, 0.15) is 30.0 Å². The average molecular weight is 253 g/mol. The van der Waals surface area contributed by atoms with Gasteiger partial charge < -0.3 is 9.64 Å². The van der Waals surface area contributed by atoms with E-state index in [0.29, 0.717) is 18.4 Å². The van der Waals surface area contributed by atoms with Crippen molar-refractivity contribution in [3.63, 3.8) is 0 Å². The molecule has 0 fully saturated rings. The predicted octanol–water partition coefficient (Wildman–Crippen LogP) is 2.69. The molecule has 0 spiro atoms. The van der Waals surface area contributed by atoms with Crippen molar-refractivity contribution in [1.29, 1.82) is 0 Å². The van der Waals surface area contributed by atoms with Crippen molar-refractivity contribution in [3.05, 3.63) is 35.1 Å². The number of methoxy groups -OCH3 is 1. The highest BCUT2D eigenvalue weighted by molar-refractivity contribution is 5.69. The molecule has 1 rings (SSSR count). The van der Waals surface area contributed by atoms with Crippen LogP contribution in [-0.4, -0.2) is 32.1 Å². The summed E-state index contributed by atoms with van der Waals surface area (Å²) in [5.41, 5.74) is 1.64. The molecule has 0 aromatic heterocycles. The lowest BCUT2D eigenvalue weighted by Crippen LogP contribution is -2.21. The van der Waals surface area contributed by atoms with Crippen molar-refractivity contribution in [2.45, 2.75) is 25.8 Å². The van der Waals surface area contributed by atoms with Gasteiger partial charge in [0.1, 0.15) is 5.82 Å². The molecule has 1 aromatic carbocycles. The van der Waals surface area contributed by atoms with E-state index in [-0.39, 0.29) is 17.8 Å². The van der Waals surface area contributed by atoms with Crippen molar-refractivity contribution in [2.24, 2.45) is 0 Å². The molecule has 0 saturated carbocycles. The molecule has 0 radical (unpaired) electrons. The summed E-state index contributed by atoms with van der Waals surface area (Å²) in [6.07, 6.45) is 1.01. The largest absolute Gasteiger partial charge is 0.469 e. The van der Waals surface area contributed by atoms with Crippen LogP contribution in [-0.2, 0) is 9.53 Å². The molecule has 0 heterocycles. The number of esters is 1. The van der Waals surface area contributed by atoms with Crippen molar-refractivity contribution in [1.82, 2.24) is 4.90 Å². The zero-order valence-corrected chi connectivity index (χ0v) is 11.4. The van der Waals surface area contributed by atoms with Gasteiger partial charge in [-0.05, 0) is 44.6 Å².